The topological polar surface area (TPSA) is 77.5 Å². The maximum atomic E-state index is 13.5. The molecule has 0 aromatic heterocycles. The summed E-state index contributed by atoms with van der Waals surface area (Å²) in [5, 5.41) is 0. The number of alkyl halides is 6. The number of hydrogen-bond donors (Lipinski definition) is 0. The Hall–Kier alpha value is -3.84. The Morgan fingerprint density at radius 1 is 0.927 bits per heavy atom. The van der Waals surface area contributed by atoms with Crippen LogP contribution >= 0.6 is 0 Å². The highest BCUT2D eigenvalue weighted by molar-refractivity contribution is 5.91. The van der Waals surface area contributed by atoms with Gasteiger partial charge >= 0.3 is 24.5 Å². The number of nitrogens with zero attached hydrogens (tertiary/aromatic N) is 2. The standard InChI is InChI=1S/C27H30F6N2O6/c1-6-40-23-13-21-19(12-22(23)38-4)20(8-15(3)35(21)25(37)41-7-2)34(24(36)39-5)14-16-9-17(26(28,29)30)11-18(10-16)27(31,32)33/h9-13,15,20H,6-8,14H2,1-5H3/t15-,20+/m0/s1. The van der Waals surface area contributed by atoms with Gasteiger partial charge in [-0.05, 0) is 57.0 Å². The van der Waals surface area contributed by atoms with Crippen molar-refractivity contribution >= 4 is 17.9 Å². The van der Waals surface area contributed by atoms with Crippen molar-refractivity contribution in [1.82, 2.24) is 4.90 Å². The van der Waals surface area contributed by atoms with E-state index in [1.165, 1.54) is 24.1 Å². The first-order chi connectivity index (χ1) is 19.2. The Labute approximate surface area is 232 Å². The minimum Gasteiger partial charge on any atom is -0.493 e. The van der Waals surface area contributed by atoms with Crippen LogP contribution in [0.2, 0.25) is 0 Å². The fourth-order valence-corrected chi connectivity index (χ4v) is 4.75. The number of anilines is 1. The smallest absolute Gasteiger partial charge is 0.416 e. The largest absolute Gasteiger partial charge is 0.493 e. The minimum absolute atomic E-state index is 0.0152. The molecule has 3 rings (SSSR count). The molecule has 2 aromatic rings. The Bertz CT molecular complexity index is 1230. The van der Waals surface area contributed by atoms with Gasteiger partial charge in [0, 0.05) is 24.2 Å². The lowest BCUT2D eigenvalue weighted by Gasteiger charge is -2.42. The number of carbonyl (C=O) groups excluding carboxylic acids is 2. The number of hydrogen-bond acceptors (Lipinski definition) is 6. The maximum absolute atomic E-state index is 13.5. The van der Waals surface area contributed by atoms with Gasteiger partial charge in [0.1, 0.15) is 0 Å². The number of halogens is 6. The van der Waals surface area contributed by atoms with Gasteiger partial charge in [-0.15, -0.1) is 0 Å². The summed E-state index contributed by atoms with van der Waals surface area (Å²) in [5.74, 6) is 0.505. The zero-order valence-electron chi connectivity index (χ0n) is 23.0. The molecule has 0 saturated heterocycles. The molecule has 0 bridgehead atoms. The van der Waals surface area contributed by atoms with Crippen LogP contribution < -0.4 is 14.4 Å². The molecule has 0 saturated carbocycles. The molecule has 0 fully saturated rings. The molecule has 2 atom stereocenters. The van der Waals surface area contributed by atoms with Crippen molar-refractivity contribution in [1.29, 1.82) is 0 Å². The molecule has 8 nitrogen and oxygen atoms in total. The molecule has 1 aliphatic heterocycles. The lowest BCUT2D eigenvalue weighted by molar-refractivity contribution is -0.143. The van der Waals surface area contributed by atoms with Crippen LogP contribution in [0.15, 0.2) is 30.3 Å². The van der Waals surface area contributed by atoms with E-state index in [-0.39, 0.29) is 42.9 Å². The van der Waals surface area contributed by atoms with Crippen LogP contribution in [0.5, 0.6) is 11.5 Å². The van der Waals surface area contributed by atoms with Crippen LogP contribution in [0, 0.1) is 0 Å². The molecule has 0 spiro atoms. The summed E-state index contributed by atoms with van der Waals surface area (Å²) in [6.07, 6.45) is -11.8. The fraction of sp³-hybridized carbons (Fsp3) is 0.481. The van der Waals surface area contributed by atoms with E-state index in [0.717, 1.165) is 12.0 Å². The summed E-state index contributed by atoms with van der Waals surface area (Å²) >= 11 is 0. The van der Waals surface area contributed by atoms with Crippen LogP contribution in [-0.2, 0) is 28.4 Å². The van der Waals surface area contributed by atoms with Crippen molar-refractivity contribution < 1.29 is 54.9 Å². The predicted molar refractivity (Wildman–Crippen MR) is 135 cm³/mol. The molecular weight excluding hydrogens is 562 g/mol. The van der Waals surface area contributed by atoms with Crippen LogP contribution in [0.1, 0.15) is 55.5 Å². The van der Waals surface area contributed by atoms with Crippen LogP contribution in [-0.4, -0.2) is 50.6 Å². The molecule has 41 heavy (non-hydrogen) atoms. The molecule has 2 amide bonds. The quantitative estimate of drug-likeness (QED) is 0.317. The van der Waals surface area contributed by atoms with E-state index >= 15 is 0 Å². The van der Waals surface area contributed by atoms with Gasteiger partial charge in [-0.25, -0.2) is 9.59 Å². The molecular formula is C27H30F6N2O6. The third kappa shape index (κ3) is 6.91. The van der Waals surface area contributed by atoms with Crippen LogP contribution in [0.3, 0.4) is 0 Å². The highest BCUT2D eigenvalue weighted by Crippen LogP contribution is 2.47. The lowest BCUT2D eigenvalue weighted by atomic mass is 9.90. The van der Waals surface area contributed by atoms with Gasteiger partial charge in [0.05, 0.1) is 50.3 Å². The maximum Gasteiger partial charge on any atom is 0.416 e. The molecule has 14 heteroatoms. The van der Waals surface area contributed by atoms with Crippen molar-refractivity contribution in [2.45, 2.75) is 58.2 Å². The number of rotatable bonds is 7. The summed E-state index contributed by atoms with van der Waals surface area (Å²) in [5.41, 5.74) is -2.85. The van der Waals surface area contributed by atoms with Gasteiger partial charge in [0.2, 0.25) is 0 Å². The molecule has 2 aromatic carbocycles. The first-order valence-electron chi connectivity index (χ1n) is 12.6. The average molecular weight is 593 g/mol. The normalized spacial score (nSPS) is 17.0. The number of methoxy groups -OCH3 is 2. The summed E-state index contributed by atoms with van der Waals surface area (Å²) < 4.78 is 102. The van der Waals surface area contributed by atoms with E-state index in [1.807, 2.05) is 0 Å². The summed E-state index contributed by atoms with van der Waals surface area (Å²) in [4.78, 5) is 28.3. The number of benzene rings is 2. The van der Waals surface area contributed by atoms with Crippen LogP contribution in [0.4, 0.5) is 41.6 Å². The number of fused-ring (bicyclic) bond motifs is 1. The third-order valence-electron chi connectivity index (χ3n) is 6.49. The highest BCUT2D eigenvalue weighted by atomic mass is 19.4. The number of carbonyl (C=O) groups is 2. The summed E-state index contributed by atoms with van der Waals surface area (Å²) in [6.45, 7) is 4.68. The second-order valence-corrected chi connectivity index (χ2v) is 9.18. The Balaban J connectivity index is 2.21. The van der Waals surface area contributed by atoms with E-state index in [4.69, 9.17) is 18.9 Å². The average Bonchev–Trinajstić information content (AvgIpc) is 2.89. The fourth-order valence-electron chi connectivity index (χ4n) is 4.75. The molecule has 1 aliphatic rings. The van der Waals surface area contributed by atoms with E-state index in [2.05, 4.69) is 0 Å². The van der Waals surface area contributed by atoms with Gasteiger partial charge in [-0.1, -0.05) is 0 Å². The van der Waals surface area contributed by atoms with Crippen molar-refractivity contribution in [3.8, 4) is 11.5 Å². The second kappa shape index (κ2) is 12.4. The van der Waals surface area contributed by atoms with E-state index in [1.54, 1.807) is 20.8 Å². The molecule has 226 valence electrons. The first kappa shape index (κ1) is 31.7. The molecule has 0 N–H and O–H groups in total. The minimum atomic E-state index is -5.07. The molecule has 0 aliphatic carbocycles. The van der Waals surface area contributed by atoms with Gasteiger partial charge in [0.15, 0.2) is 11.5 Å². The van der Waals surface area contributed by atoms with Gasteiger partial charge in [0.25, 0.3) is 0 Å². The molecule has 0 unspecified atom stereocenters. The molecule has 0 radical (unpaired) electrons. The van der Waals surface area contributed by atoms with Crippen molar-refractivity contribution in [3.05, 3.63) is 52.6 Å². The second-order valence-electron chi connectivity index (χ2n) is 9.18. The van der Waals surface area contributed by atoms with Gasteiger partial charge in [-0.3, -0.25) is 9.80 Å². The van der Waals surface area contributed by atoms with Crippen LogP contribution in [0.25, 0.3) is 0 Å². The van der Waals surface area contributed by atoms with Crippen molar-refractivity contribution in [2.24, 2.45) is 0 Å². The Morgan fingerprint density at radius 3 is 2.02 bits per heavy atom. The van der Waals surface area contributed by atoms with E-state index in [0.29, 0.717) is 17.7 Å². The third-order valence-corrected chi connectivity index (χ3v) is 6.49. The van der Waals surface area contributed by atoms with E-state index in [9.17, 15) is 35.9 Å². The SMILES string of the molecule is CCOC(=O)N1c2cc(OCC)c(OC)cc2[C@H](N(Cc2cc(C(F)(F)F)cc(C(F)(F)F)c2)C(=O)OC)C[C@@H]1C. The summed E-state index contributed by atoms with van der Waals surface area (Å²) in [6, 6.07) is 2.58. The van der Waals surface area contributed by atoms with E-state index < -0.39 is 59.9 Å². The Morgan fingerprint density at radius 2 is 1.54 bits per heavy atom. The highest BCUT2D eigenvalue weighted by Gasteiger charge is 2.41. The zero-order valence-corrected chi connectivity index (χ0v) is 23.0. The number of amides is 2. The van der Waals surface area contributed by atoms with Gasteiger partial charge in [-0.2, -0.15) is 26.3 Å². The zero-order chi connectivity index (χ0) is 30.7. The van der Waals surface area contributed by atoms with Crippen molar-refractivity contribution in [3.63, 3.8) is 0 Å². The van der Waals surface area contributed by atoms with Gasteiger partial charge < -0.3 is 18.9 Å². The monoisotopic (exact) mass is 592 g/mol. The molecule has 1 heterocycles. The first-order valence-corrected chi connectivity index (χ1v) is 12.6. The lowest BCUT2D eigenvalue weighted by Crippen LogP contribution is -2.47. The van der Waals surface area contributed by atoms with Crippen molar-refractivity contribution in [2.75, 3.05) is 32.3 Å². The number of ether oxygens (including phenoxy) is 4. The predicted octanol–water partition coefficient (Wildman–Crippen LogP) is 7.20. The Kier molecular flexibility index (Phi) is 9.54. The summed E-state index contributed by atoms with van der Waals surface area (Å²) in [7, 11) is 2.41.